The molecule has 4 nitrogen and oxygen atoms in total. The average molecular weight is 317 g/mol. The first-order valence-electron chi connectivity index (χ1n) is 5.16. The first-order valence-corrected chi connectivity index (χ1v) is 6.33. The van der Waals surface area contributed by atoms with Crippen LogP contribution in [-0.2, 0) is 0 Å². The van der Waals surface area contributed by atoms with Gasteiger partial charge in [0.2, 0.25) is 0 Å². The molecule has 0 amide bonds. The molecule has 0 aliphatic carbocycles. The maximum absolute atomic E-state index is 6.00. The van der Waals surface area contributed by atoms with Gasteiger partial charge < -0.3 is 10.3 Å². The van der Waals surface area contributed by atoms with E-state index in [0.717, 1.165) is 16.5 Å². The molecule has 17 heavy (non-hydrogen) atoms. The summed E-state index contributed by atoms with van der Waals surface area (Å²) in [7, 11) is 0. The first kappa shape index (κ1) is 12.5. The molecule has 1 aromatic carbocycles. The zero-order valence-corrected chi connectivity index (χ0v) is 11.5. The zero-order chi connectivity index (χ0) is 12.4. The molecule has 0 fully saturated rings. The van der Waals surface area contributed by atoms with Gasteiger partial charge in [0.15, 0.2) is 5.82 Å². The normalized spacial score (nSPS) is 12.7. The van der Waals surface area contributed by atoms with E-state index in [-0.39, 0.29) is 6.04 Å². The Morgan fingerprint density at radius 1 is 1.53 bits per heavy atom. The van der Waals surface area contributed by atoms with Crippen molar-refractivity contribution in [2.24, 2.45) is 5.73 Å². The summed E-state index contributed by atoms with van der Waals surface area (Å²) < 4.78 is 5.98. The van der Waals surface area contributed by atoms with Crippen LogP contribution in [0, 0.1) is 0 Å². The minimum atomic E-state index is -0.196. The highest BCUT2D eigenvalue weighted by Crippen LogP contribution is 2.28. The Kier molecular flexibility index (Phi) is 3.81. The van der Waals surface area contributed by atoms with Gasteiger partial charge in [0, 0.05) is 10.0 Å². The van der Waals surface area contributed by atoms with Crippen LogP contribution in [0.5, 0.6) is 0 Å². The molecule has 6 heteroatoms. The van der Waals surface area contributed by atoms with Crippen molar-refractivity contribution in [2.45, 2.75) is 19.4 Å². The molecule has 90 valence electrons. The monoisotopic (exact) mass is 315 g/mol. The first-order chi connectivity index (χ1) is 8.11. The number of halogens is 2. The number of nitrogens with zero attached hydrogens (tertiary/aromatic N) is 2. The van der Waals surface area contributed by atoms with Gasteiger partial charge >= 0.3 is 0 Å². The Morgan fingerprint density at radius 3 is 2.94 bits per heavy atom. The Hall–Kier alpha value is -0.910. The largest absolute Gasteiger partial charge is 0.334 e. The molecular formula is C11H11BrClN3O. The summed E-state index contributed by atoms with van der Waals surface area (Å²) in [6.45, 7) is 1.97. The van der Waals surface area contributed by atoms with Gasteiger partial charge in [-0.15, -0.1) is 0 Å². The van der Waals surface area contributed by atoms with Crippen molar-refractivity contribution in [3.8, 4) is 11.5 Å². The zero-order valence-electron chi connectivity index (χ0n) is 9.15. The third kappa shape index (κ3) is 2.68. The number of benzene rings is 1. The minimum Gasteiger partial charge on any atom is -0.334 e. The van der Waals surface area contributed by atoms with E-state index in [1.807, 2.05) is 19.1 Å². The van der Waals surface area contributed by atoms with Gasteiger partial charge in [0.05, 0.1) is 11.1 Å². The summed E-state index contributed by atoms with van der Waals surface area (Å²) in [5.74, 6) is 0.944. The van der Waals surface area contributed by atoms with Crippen LogP contribution >= 0.6 is 27.5 Å². The standard InChI is InChI=1S/C11H11BrClN3O/c1-2-9(14)10-15-11(17-16-10)6-3-4-7(12)8(13)5-6/h3-5,9H,2,14H2,1H3. The third-order valence-corrected chi connectivity index (χ3v) is 3.61. The molecule has 0 saturated carbocycles. The Bertz CT molecular complexity index is 529. The Balaban J connectivity index is 2.33. The van der Waals surface area contributed by atoms with Gasteiger partial charge in [0.1, 0.15) is 0 Å². The van der Waals surface area contributed by atoms with Crippen LogP contribution in [0.25, 0.3) is 11.5 Å². The molecule has 0 aliphatic rings. The molecule has 1 heterocycles. The molecule has 1 unspecified atom stereocenters. The van der Waals surface area contributed by atoms with Gasteiger partial charge in [-0.3, -0.25) is 0 Å². The second kappa shape index (κ2) is 5.16. The van der Waals surface area contributed by atoms with Crippen LogP contribution in [0.1, 0.15) is 25.2 Å². The highest BCUT2D eigenvalue weighted by atomic mass is 79.9. The van der Waals surface area contributed by atoms with E-state index < -0.39 is 0 Å². The molecule has 2 N–H and O–H groups in total. The van der Waals surface area contributed by atoms with Gasteiger partial charge in [-0.05, 0) is 40.5 Å². The van der Waals surface area contributed by atoms with E-state index in [9.17, 15) is 0 Å². The van der Waals surface area contributed by atoms with Crippen molar-refractivity contribution in [3.05, 3.63) is 33.5 Å². The van der Waals surface area contributed by atoms with Crippen LogP contribution in [-0.4, -0.2) is 10.1 Å². The smallest absolute Gasteiger partial charge is 0.258 e. The van der Waals surface area contributed by atoms with Crippen LogP contribution in [0.2, 0.25) is 5.02 Å². The summed E-state index contributed by atoms with van der Waals surface area (Å²) in [6.07, 6.45) is 0.764. The second-order valence-electron chi connectivity index (χ2n) is 3.60. The van der Waals surface area contributed by atoms with Crippen LogP contribution < -0.4 is 5.73 Å². The molecule has 0 saturated heterocycles. The second-order valence-corrected chi connectivity index (χ2v) is 4.86. The quantitative estimate of drug-likeness (QED) is 0.940. The molecule has 0 radical (unpaired) electrons. The van der Waals surface area contributed by atoms with E-state index in [1.54, 1.807) is 6.07 Å². The van der Waals surface area contributed by atoms with Gasteiger partial charge in [-0.25, -0.2) is 0 Å². The lowest BCUT2D eigenvalue weighted by atomic mass is 10.2. The van der Waals surface area contributed by atoms with E-state index >= 15 is 0 Å². The fourth-order valence-electron chi connectivity index (χ4n) is 1.31. The lowest BCUT2D eigenvalue weighted by molar-refractivity contribution is 0.415. The summed E-state index contributed by atoms with van der Waals surface area (Å²) in [4.78, 5) is 4.25. The SMILES string of the molecule is CCC(N)c1noc(-c2ccc(Br)c(Cl)c2)n1. The van der Waals surface area contributed by atoms with Gasteiger partial charge in [-0.1, -0.05) is 23.7 Å². The molecule has 0 spiro atoms. The Morgan fingerprint density at radius 2 is 2.29 bits per heavy atom. The maximum atomic E-state index is 6.00. The lowest BCUT2D eigenvalue weighted by Gasteiger charge is -2.00. The van der Waals surface area contributed by atoms with Crippen LogP contribution in [0.3, 0.4) is 0 Å². The molecule has 2 aromatic rings. The maximum Gasteiger partial charge on any atom is 0.258 e. The molecular weight excluding hydrogens is 305 g/mol. The highest BCUT2D eigenvalue weighted by Gasteiger charge is 2.14. The lowest BCUT2D eigenvalue weighted by Crippen LogP contribution is -2.10. The van der Waals surface area contributed by atoms with E-state index in [4.69, 9.17) is 21.9 Å². The van der Waals surface area contributed by atoms with Crippen molar-refractivity contribution < 1.29 is 4.52 Å². The summed E-state index contributed by atoms with van der Waals surface area (Å²) in [5.41, 5.74) is 6.60. The van der Waals surface area contributed by atoms with Crippen molar-refractivity contribution >= 4 is 27.5 Å². The van der Waals surface area contributed by atoms with E-state index in [1.165, 1.54) is 0 Å². The molecule has 1 atom stereocenters. The van der Waals surface area contributed by atoms with E-state index in [0.29, 0.717) is 16.7 Å². The number of aromatic nitrogens is 2. The predicted molar refractivity (Wildman–Crippen MR) is 69.7 cm³/mol. The fraction of sp³-hybridized carbons (Fsp3) is 0.273. The van der Waals surface area contributed by atoms with Crippen molar-refractivity contribution in [1.29, 1.82) is 0 Å². The van der Waals surface area contributed by atoms with Gasteiger partial charge in [0.25, 0.3) is 5.89 Å². The molecule has 0 bridgehead atoms. The number of nitrogens with two attached hydrogens (primary N) is 1. The molecule has 0 aliphatic heterocycles. The topological polar surface area (TPSA) is 64.9 Å². The average Bonchev–Trinajstić information content (AvgIpc) is 2.81. The van der Waals surface area contributed by atoms with Crippen LogP contribution in [0.15, 0.2) is 27.2 Å². The highest BCUT2D eigenvalue weighted by molar-refractivity contribution is 9.10. The fourth-order valence-corrected chi connectivity index (χ4v) is 1.74. The van der Waals surface area contributed by atoms with Crippen LogP contribution in [0.4, 0.5) is 0 Å². The van der Waals surface area contributed by atoms with Crippen molar-refractivity contribution in [2.75, 3.05) is 0 Å². The van der Waals surface area contributed by atoms with Gasteiger partial charge in [-0.2, -0.15) is 4.98 Å². The summed E-state index contributed by atoms with van der Waals surface area (Å²) >= 11 is 9.32. The Labute approximate surface area is 112 Å². The molecule has 1 aromatic heterocycles. The number of rotatable bonds is 3. The third-order valence-electron chi connectivity index (χ3n) is 2.38. The summed E-state index contributed by atoms with van der Waals surface area (Å²) in [6, 6.07) is 5.25. The summed E-state index contributed by atoms with van der Waals surface area (Å²) in [5, 5.41) is 4.45. The number of hydrogen-bond acceptors (Lipinski definition) is 4. The molecule has 2 rings (SSSR count). The number of hydrogen-bond donors (Lipinski definition) is 1. The van der Waals surface area contributed by atoms with Crippen molar-refractivity contribution in [1.82, 2.24) is 10.1 Å². The predicted octanol–water partition coefficient (Wildman–Crippen LogP) is 3.56. The van der Waals surface area contributed by atoms with Crippen molar-refractivity contribution in [3.63, 3.8) is 0 Å². The van der Waals surface area contributed by atoms with E-state index in [2.05, 4.69) is 26.1 Å². The minimum absolute atomic E-state index is 0.196.